The van der Waals surface area contributed by atoms with Crippen LogP contribution in [0.3, 0.4) is 0 Å². The van der Waals surface area contributed by atoms with Gasteiger partial charge in [-0.3, -0.25) is 4.90 Å². The highest BCUT2D eigenvalue weighted by molar-refractivity contribution is 5.26. The van der Waals surface area contributed by atoms with Gasteiger partial charge >= 0.3 is 0 Å². The van der Waals surface area contributed by atoms with E-state index < -0.39 is 0 Å². The van der Waals surface area contributed by atoms with Crippen molar-refractivity contribution in [3.63, 3.8) is 0 Å². The second-order valence-electron chi connectivity index (χ2n) is 5.38. The molecule has 2 atom stereocenters. The summed E-state index contributed by atoms with van der Waals surface area (Å²) in [6, 6.07) is 9.76. The third kappa shape index (κ3) is 2.93. The molecule has 1 heterocycles. The van der Waals surface area contributed by atoms with Crippen LogP contribution in [0.2, 0.25) is 0 Å². The molecule has 1 aromatic carbocycles. The summed E-state index contributed by atoms with van der Waals surface area (Å²) in [4.78, 5) is 2.56. The molecule has 1 fully saturated rings. The maximum atomic E-state index is 6.36. The predicted molar refractivity (Wildman–Crippen MR) is 77.6 cm³/mol. The minimum absolute atomic E-state index is 0.290. The lowest BCUT2D eigenvalue weighted by Crippen LogP contribution is -2.46. The Morgan fingerprint density at radius 2 is 1.94 bits per heavy atom. The lowest BCUT2D eigenvalue weighted by molar-refractivity contribution is 0.128. The quantitative estimate of drug-likeness (QED) is 0.884. The summed E-state index contributed by atoms with van der Waals surface area (Å²) in [5, 5.41) is 0. The van der Waals surface area contributed by atoms with Crippen LogP contribution in [0.4, 0.5) is 0 Å². The smallest absolute Gasteiger partial charge is 0.0499 e. The van der Waals surface area contributed by atoms with Gasteiger partial charge in [0.2, 0.25) is 0 Å². The van der Waals surface area contributed by atoms with Crippen molar-refractivity contribution in [1.82, 2.24) is 4.90 Å². The number of hydrogen-bond acceptors (Lipinski definition) is 2. The monoisotopic (exact) mass is 246 g/mol. The minimum Gasteiger partial charge on any atom is -0.326 e. The number of benzene rings is 1. The van der Waals surface area contributed by atoms with Crippen molar-refractivity contribution in [2.75, 3.05) is 13.1 Å². The number of piperidine rings is 1. The molecule has 0 spiro atoms. The molecule has 1 aliphatic heterocycles. The van der Waals surface area contributed by atoms with Crippen LogP contribution >= 0.6 is 0 Å². The lowest BCUT2D eigenvalue weighted by atomic mass is 9.90. The molecule has 0 amide bonds. The fourth-order valence-corrected chi connectivity index (χ4v) is 3.04. The van der Waals surface area contributed by atoms with Crippen LogP contribution in [-0.4, -0.2) is 24.0 Å². The highest BCUT2D eigenvalue weighted by Crippen LogP contribution is 2.30. The Morgan fingerprint density at radius 1 is 1.22 bits per heavy atom. The van der Waals surface area contributed by atoms with Gasteiger partial charge in [0, 0.05) is 12.1 Å². The molecular formula is C16H26N2. The van der Waals surface area contributed by atoms with Crippen molar-refractivity contribution < 1.29 is 0 Å². The number of rotatable bonds is 4. The van der Waals surface area contributed by atoms with E-state index in [0.717, 1.165) is 19.4 Å². The maximum Gasteiger partial charge on any atom is 0.0499 e. The van der Waals surface area contributed by atoms with Crippen molar-refractivity contribution in [3.8, 4) is 0 Å². The molecule has 18 heavy (non-hydrogen) atoms. The Morgan fingerprint density at radius 3 is 2.56 bits per heavy atom. The number of hydrogen-bond donors (Lipinski definition) is 1. The maximum absolute atomic E-state index is 6.36. The minimum atomic E-state index is 0.290. The van der Waals surface area contributed by atoms with Gasteiger partial charge in [0.15, 0.2) is 0 Å². The molecule has 2 heteroatoms. The normalized spacial score (nSPS) is 25.3. The number of nitrogens with zero attached hydrogens (tertiary/aromatic N) is 1. The van der Waals surface area contributed by atoms with E-state index in [-0.39, 0.29) is 6.04 Å². The lowest BCUT2D eigenvalue weighted by Gasteiger charge is -2.40. The van der Waals surface area contributed by atoms with Crippen molar-refractivity contribution in [1.29, 1.82) is 0 Å². The second kappa shape index (κ2) is 6.35. The third-order valence-corrected chi connectivity index (χ3v) is 4.02. The zero-order chi connectivity index (χ0) is 13.0. The van der Waals surface area contributed by atoms with Crippen molar-refractivity contribution in [2.45, 2.75) is 51.6 Å². The molecule has 100 valence electrons. The Bertz CT molecular complexity index is 356. The van der Waals surface area contributed by atoms with Crippen molar-refractivity contribution >= 4 is 0 Å². The summed E-state index contributed by atoms with van der Waals surface area (Å²) in [6.07, 6.45) is 4.71. The Balaban J connectivity index is 2.19. The van der Waals surface area contributed by atoms with Gasteiger partial charge in [-0.15, -0.1) is 0 Å². The van der Waals surface area contributed by atoms with Gasteiger partial charge in [0.1, 0.15) is 0 Å². The van der Waals surface area contributed by atoms with Crippen LogP contribution in [-0.2, 0) is 6.42 Å². The van der Waals surface area contributed by atoms with E-state index in [0.29, 0.717) is 6.04 Å². The van der Waals surface area contributed by atoms with Gasteiger partial charge in [-0.2, -0.15) is 0 Å². The van der Waals surface area contributed by atoms with Crippen LogP contribution in [0.25, 0.3) is 0 Å². The molecule has 1 saturated heterocycles. The first-order valence-corrected chi connectivity index (χ1v) is 7.34. The largest absolute Gasteiger partial charge is 0.326 e. The highest BCUT2D eigenvalue weighted by Gasteiger charge is 2.29. The first-order chi connectivity index (χ1) is 8.76. The van der Waals surface area contributed by atoms with Gasteiger partial charge in [-0.1, -0.05) is 38.1 Å². The van der Waals surface area contributed by atoms with E-state index in [4.69, 9.17) is 5.73 Å². The summed E-state index contributed by atoms with van der Waals surface area (Å²) in [7, 11) is 0. The molecule has 2 nitrogen and oxygen atoms in total. The SMILES string of the molecule is CCCN1CCCC(N)C1c1ccc(CC)cc1. The van der Waals surface area contributed by atoms with Gasteiger partial charge in [0.05, 0.1) is 0 Å². The number of aryl methyl sites for hydroxylation is 1. The molecule has 1 aliphatic rings. The summed E-state index contributed by atoms with van der Waals surface area (Å²) >= 11 is 0. The summed E-state index contributed by atoms with van der Waals surface area (Å²) in [5.74, 6) is 0. The molecule has 0 bridgehead atoms. The molecule has 0 saturated carbocycles. The Labute approximate surface area is 111 Å². The van der Waals surface area contributed by atoms with Crippen LogP contribution in [0.15, 0.2) is 24.3 Å². The van der Waals surface area contributed by atoms with Gasteiger partial charge in [-0.25, -0.2) is 0 Å². The predicted octanol–water partition coefficient (Wildman–Crippen LogP) is 3.12. The van der Waals surface area contributed by atoms with Crippen LogP contribution in [0.5, 0.6) is 0 Å². The van der Waals surface area contributed by atoms with Crippen LogP contribution < -0.4 is 5.73 Å². The molecule has 2 rings (SSSR count). The Kier molecular flexibility index (Phi) is 4.79. The zero-order valence-corrected chi connectivity index (χ0v) is 11.7. The average Bonchev–Trinajstić information content (AvgIpc) is 2.40. The molecule has 0 aromatic heterocycles. The molecule has 0 aliphatic carbocycles. The van der Waals surface area contributed by atoms with E-state index in [1.54, 1.807) is 0 Å². The molecule has 1 aromatic rings. The van der Waals surface area contributed by atoms with Gasteiger partial charge in [0.25, 0.3) is 0 Å². The van der Waals surface area contributed by atoms with Gasteiger partial charge < -0.3 is 5.73 Å². The first-order valence-electron chi connectivity index (χ1n) is 7.34. The van der Waals surface area contributed by atoms with Crippen LogP contribution in [0, 0.1) is 0 Å². The first kappa shape index (κ1) is 13.6. The van der Waals surface area contributed by atoms with E-state index in [2.05, 4.69) is 43.0 Å². The summed E-state index contributed by atoms with van der Waals surface area (Å²) in [6.45, 7) is 6.80. The fourth-order valence-electron chi connectivity index (χ4n) is 3.04. The van der Waals surface area contributed by atoms with E-state index in [9.17, 15) is 0 Å². The van der Waals surface area contributed by atoms with Crippen molar-refractivity contribution in [2.24, 2.45) is 5.73 Å². The molecule has 2 unspecified atom stereocenters. The van der Waals surface area contributed by atoms with Gasteiger partial charge in [-0.05, 0) is 49.9 Å². The summed E-state index contributed by atoms with van der Waals surface area (Å²) < 4.78 is 0. The van der Waals surface area contributed by atoms with E-state index in [1.165, 1.54) is 30.5 Å². The number of likely N-dealkylation sites (tertiary alicyclic amines) is 1. The molecule has 0 radical (unpaired) electrons. The topological polar surface area (TPSA) is 29.3 Å². The van der Waals surface area contributed by atoms with E-state index in [1.807, 2.05) is 0 Å². The van der Waals surface area contributed by atoms with E-state index >= 15 is 0 Å². The zero-order valence-electron chi connectivity index (χ0n) is 11.7. The second-order valence-corrected chi connectivity index (χ2v) is 5.38. The number of nitrogens with two attached hydrogens (primary N) is 1. The van der Waals surface area contributed by atoms with Crippen LogP contribution in [0.1, 0.15) is 50.3 Å². The molecular weight excluding hydrogens is 220 g/mol. The molecule has 2 N–H and O–H groups in total. The Hall–Kier alpha value is -0.860. The highest BCUT2D eigenvalue weighted by atomic mass is 15.2. The fraction of sp³-hybridized carbons (Fsp3) is 0.625. The van der Waals surface area contributed by atoms with Crippen molar-refractivity contribution in [3.05, 3.63) is 35.4 Å². The summed E-state index contributed by atoms with van der Waals surface area (Å²) in [5.41, 5.74) is 9.16. The standard InChI is InChI=1S/C16H26N2/c1-3-11-18-12-5-6-15(17)16(18)14-9-7-13(4-2)8-10-14/h7-10,15-16H,3-6,11-12,17H2,1-2H3. The third-order valence-electron chi connectivity index (χ3n) is 4.02. The average molecular weight is 246 g/mol.